The summed E-state index contributed by atoms with van der Waals surface area (Å²) in [7, 11) is 1.70. The maximum atomic E-state index is 12.6. The number of ether oxygens (including phenoxy) is 1. The lowest BCUT2D eigenvalue weighted by Gasteiger charge is -2.28. The summed E-state index contributed by atoms with van der Waals surface area (Å²) in [5, 5.41) is 12.6. The number of hydrogen-bond donors (Lipinski definition) is 3. The first-order chi connectivity index (χ1) is 13.0. The predicted molar refractivity (Wildman–Crippen MR) is 104 cm³/mol. The van der Waals surface area contributed by atoms with E-state index in [1.54, 1.807) is 25.3 Å². The van der Waals surface area contributed by atoms with Gasteiger partial charge in [0.1, 0.15) is 0 Å². The van der Waals surface area contributed by atoms with E-state index < -0.39 is 5.91 Å². The first kappa shape index (κ1) is 19.7. The second-order valence-corrected chi connectivity index (χ2v) is 7.20. The molecule has 3 N–H and O–H groups in total. The molecule has 0 bridgehead atoms. The van der Waals surface area contributed by atoms with Crippen molar-refractivity contribution in [2.75, 3.05) is 12.4 Å². The summed E-state index contributed by atoms with van der Waals surface area (Å²) in [6.45, 7) is 0. The third-order valence-corrected chi connectivity index (χ3v) is 5.27. The van der Waals surface area contributed by atoms with E-state index in [-0.39, 0.29) is 45.0 Å². The average molecular weight is 411 g/mol. The van der Waals surface area contributed by atoms with E-state index in [0.29, 0.717) is 0 Å². The van der Waals surface area contributed by atoms with Crippen LogP contribution in [0.3, 0.4) is 0 Å². The van der Waals surface area contributed by atoms with Crippen LogP contribution in [-0.4, -0.2) is 41.3 Å². The van der Waals surface area contributed by atoms with Crippen molar-refractivity contribution in [3.63, 3.8) is 0 Å². The molecule has 9 heteroatoms. The highest BCUT2D eigenvalue weighted by molar-refractivity contribution is 6.40. The molecular weight excluding hydrogens is 391 g/mol. The molecule has 0 spiro atoms. The number of carbonyl (C=O) groups excluding carboxylic acids is 2. The molecule has 7 nitrogen and oxygen atoms in total. The number of nitrogens with zero attached hydrogens (tertiary/aromatic N) is 1. The van der Waals surface area contributed by atoms with E-state index in [1.165, 1.54) is 6.20 Å². The second kappa shape index (κ2) is 8.73. The van der Waals surface area contributed by atoms with Crippen LogP contribution in [0, 0.1) is 0 Å². The molecule has 2 amide bonds. The Morgan fingerprint density at radius 1 is 1.15 bits per heavy atom. The van der Waals surface area contributed by atoms with Crippen LogP contribution in [0.2, 0.25) is 10.0 Å². The fourth-order valence-electron chi connectivity index (χ4n) is 3.15. The van der Waals surface area contributed by atoms with Crippen molar-refractivity contribution in [1.82, 2.24) is 15.5 Å². The lowest BCUT2D eigenvalue weighted by Crippen LogP contribution is -2.39. The minimum absolute atomic E-state index is 0.0576. The fourth-order valence-corrected chi connectivity index (χ4v) is 3.72. The smallest absolute Gasteiger partial charge is 0.274 e. The lowest BCUT2D eigenvalue weighted by molar-refractivity contribution is 0.0598. The monoisotopic (exact) mass is 410 g/mol. The third-order valence-electron chi connectivity index (χ3n) is 4.64. The van der Waals surface area contributed by atoms with Gasteiger partial charge in [0, 0.05) is 19.3 Å². The van der Waals surface area contributed by atoms with Gasteiger partial charge in [-0.25, -0.2) is 0 Å². The van der Waals surface area contributed by atoms with Gasteiger partial charge in [0.15, 0.2) is 5.69 Å². The van der Waals surface area contributed by atoms with Crippen LogP contribution in [0.1, 0.15) is 46.5 Å². The number of benzene rings is 1. The number of anilines is 1. The number of hydrogen-bond acceptors (Lipinski definition) is 4. The van der Waals surface area contributed by atoms with Crippen molar-refractivity contribution in [2.24, 2.45) is 0 Å². The number of H-pyrrole nitrogens is 1. The van der Waals surface area contributed by atoms with Gasteiger partial charge >= 0.3 is 0 Å². The minimum Gasteiger partial charge on any atom is -0.381 e. The molecule has 1 fully saturated rings. The van der Waals surface area contributed by atoms with Crippen LogP contribution in [0.25, 0.3) is 0 Å². The molecule has 1 aromatic carbocycles. The van der Waals surface area contributed by atoms with Gasteiger partial charge in [-0.15, -0.1) is 0 Å². The summed E-state index contributed by atoms with van der Waals surface area (Å²) < 4.78 is 5.34. The third kappa shape index (κ3) is 4.61. The molecule has 1 heterocycles. The Labute approximate surface area is 166 Å². The number of nitrogens with one attached hydrogen (secondary N) is 3. The maximum Gasteiger partial charge on any atom is 0.274 e. The maximum absolute atomic E-state index is 12.6. The van der Waals surface area contributed by atoms with E-state index in [1.807, 2.05) is 0 Å². The predicted octanol–water partition coefficient (Wildman–Crippen LogP) is 3.66. The van der Waals surface area contributed by atoms with Gasteiger partial charge in [0.2, 0.25) is 0 Å². The Bertz CT molecular complexity index is 812. The van der Waals surface area contributed by atoms with Crippen molar-refractivity contribution in [1.29, 1.82) is 0 Å². The molecule has 144 valence electrons. The number of aromatic amines is 1. The van der Waals surface area contributed by atoms with Crippen LogP contribution >= 0.6 is 23.2 Å². The highest BCUT2D eigenvalue weighted by Crippen LogP contribution is 2.26. The number of methoxy groups -OCH3 is 1. The molecular formula is C18H20Cl2N4O3. The van der Waals surface area contributed by atoms with Gasteiger partial charge in [0.05, 0.1) is 27.4 Å². The van der Waals surface area contributed by atoms with Gasteiger partial charge in [-0.2, -0.15) is 5.10 Å². The average Bonchev–Trinajstić information content (AvgIpc) is 3.10. The van der Waals surface area contributed by atoms with Crippen LogP contribution in [0.4, 0.5) is 5.69 Å². The van der Waals surface area contributed by atoms with E-state index in [2.05, 4.69) is 20.8 Å². The molecule has 0 radical (unpaired) electrons. The molecule has 1 saturated carbocycles. The molecule has 1 aliphatic rings. The summed E-state index contributed by atoms with van der Waals surface area (Å²) in [6.07, 6.45) is 5.17. The second-order valence-electron chi connectivity index (χ2n) is 6.38. The zero-order valence-corrected chi connectivity index (χ0v) is 16.2. The number of amides is 2. The SMILES string of the molecule is CO[C@H]1CC[C@H](NC(=O)c2n[nH]cc2NC(=O)c2c(Cl)cccc2Cl)CC1. The van der Waals surface area contributed by atoms with E-state index in [9.17, 15) is 9.59 Å². The summed E-state index contributed by atoms with van der Waals surface area (Å²) in [5.41, 5.74) is 0.519. The Hall–Kier alpha value is -2.09. The van der Waals surface area contributed by atoms with Gasteiger partial charge in [0.25, 0.3) is 11.8 Å². The zero-order valence-electron chi connectivity index (χ0n) is 14.7. The fraction of sp³-hybridized carbons (Fsp3) is 0.389. The number of halogens is 2. The zero-order chi connectivity index (χ0) is 19.4. The van der Waals surface area contributed by atoms with Crippen molar-refractivity contribution in [2.45, 2.75) is 37.8 Å². The van der Waals surface area contributed by atoms with Crippen LogP contribution in [-0.2, 0) is 4.74 Å². The topological polar surface area (TPSA) is 96.1 Å². The van der Waals surface area contributed by atoms with Gasteiger partial charge < -0.3 is 15.4 Å². The highest BCUT2D eigenvalue weighted by Gasteiger charge is 2.25. The highest BCUT2D eigenvalue weighted by atomic mass is 35.5. The van der Waals surface area contributed by atoms with Crippen molar-refractivity contribution >= 4 is 40.7 Å². The molecule has 0 aliphatic heterocycles. The Kier molecular flexibility index (Phi) is 6.36. The Balaban J connectivity index is 1.67. The largest absolute Gasteiger partial charge is 0.381 e. The molecule has 27 heavy (non-hydrogen) atoms. The van der Waals surface area contributed by atoms with Crippen LogP contribution in [0.5, 0.6) is 0 Å². The van der Waals surface area contributed by atoms with Crippen LogP contribution in [0.15, 0.2) is 24.4 Å². The molecule has 1 aliphatic carbocycles. The number of rotatable bonds is 5. The Morgan fingerprint density at radius 2 is 1.81 bits per heavy atom. The lowest BCUT2D eigenvalue weighted by atomic mass is 9.93. The van der Waals surface area contributed by atoms with Gasteiger partial charge in [-0.3, -0.25) is 14.7 Å². The van der Waals surface area contributed by atoms with E-state index in [4.69, 9.17) is 27.9 Å². The molecule has 2 aromatic rings. The Morgan fingerprint density at radius 3 is 2.44 bits per heavy atom. The summed E-state index contributed by atoms with van der Waals surface area (Å²) in [6, 6.07) is 4.85. The standard InChI is InChI=1S/C18H20Cl2N4O3/c1-27-11-7-5-10(6-8-11)22-18(26)16-14(9-21-24-16)23-17(25)15-12(19)3-2-4-13(15)20/h2-4,9-11H,5-8H2,1H3,(H,21,24)(H,22,26)(H,23,25)/t10-,11-. The van der Waals surface area contributed by atoms with E-state index in [0.717, 1.165) is 25.7 Å². The molecule has 0 atom stereocenters. The summed E-state index contributed by atoms with van der Waals surface area (Å²) >= 11 is 12.1. The first-order valence-electron chi connectivity index (χ1n) is 8.62. The summed E-state index contributed by atoms with van der Waals surface area (Å²) in [4.78, 5) is 25.1. The van der Waals surface area contributed by atoms with Gasteiger partial charge in [-0.05, 0) is 37.8 Å². The quantitative estimate of drug-likeness (QED) is 0.700. The van der Waals surface area contributed by atoms with Crippen molar-refractivity contribution in [3.05, 3.63) is 45.7 Å². The van der Waals surface area contributed by atoms with Crippen molar-refractivity contribution < 1.29 is 14.3 Å². The minimum atomic E-state index is -0.512. The van der Waals surface area contributed by atoms with E-state index >= 15 is 0 Å². The first-order valence-corrected chi connectivity index (χ1v) is 9.38. The normalized spacial score (nSPS) is 19.5. The summed E-state index contributed by atoms with van der Waals surface area (Å²) in [5.74, 6) is -0.862. The molecule has 1 aromatic heterocycles. The number of carbonyl (C=O) groups is 2. The number of aromatic nitrogens is 2. The molecule has 0 saturated heterocycles. The molecule has 0 unspecified atom stereocenters. The van der Waals surface area contributed by atoms with Crippen molar-refractivity contribution in [3.8, 4) is 0 Å². The van der Waals surface area contributed by atoms with Crippen LogP contribution < -0.4 is 10.6 Å². The molecule has 3 rings (SSSR count). The van der Waals surface area contributed by atoms with Gasteiger partial charge in [-0.1, -0.05) is 29.3 Å².